The fourth-order valence-electron chi connectivity index (χ4n) is 1.41. The van der Waals surface area contributed by atoms with Crippen LogP contribution in [-0.4, -0.2) is 22.9 Å². The normalized spacial score (nSPS) is 11.6. The number of hydrogen-bond donors (Lipinski definition) is 1. The lowest BCUT2D eigenvalue weighted by Gasteiger charge is -2.01. The van der Waals surface area contributed by atoms with Gasteiger partial charge in [0.1, 0.15) is 4.66 Å². The number of nitrogens with one attached hydrogen (secondary N) is 1. The number of nitrogens with zero attached hydrogens (tertiary/aromatic N) is 2. The van der Waals surface area contributed by atoms with E-state index >= 15 is 0 Å². The summed E-state index contributed by atoms with van der Waals surface area (Å²) < 4.78 is 26.6. The Morgan fingerprint density at radius 1 is 1.28 bits per heavy atom. The highest BCUT2D eigenvalue weighted by atomic mass is 79.9. The molecule has 0 aliphatic heterocycles. The van der Waals surface area contributed by atoms with Crippen molar-refractivity contribution in [3.8, 4) is 5.69 Å². The van der Waals surface area contributed by atoms with Crippen LogP contribution in [0.2, 0.25) is 0 Å². The van der Waals surface area contributed by atoms with Crippen LogP contribution in [0.4, 0.5) is 0 Å². The van der Waals surface area contributed by atoms with E-state index in [0.717, 1.165) is 11.3 Å². The summed E-state index contributed by atoms with van der Waals surface area (Å²) in [6.45, 7) is 0.237. The van der Waals surface area contributed by atoms with Gasteiger partial charge in [0.15, 0.2) is 0 Å². The molecule has 0 aliphatic carbocycles. The van der Waals surface area contributed by atoms with Crippen molar-refractivity contribution in [2.24, 2.45) is 0 Å². The van der Waals surface area contributed by atoms with Gasteiger partial charge in [0.05, 0.1) is 11.9 Å². The van der Waals surface area contributed by atoms with Gasteiger partial charge < -0.3 is 0 Å². The molecule has 0 atom stereocenters. The molecule has 2 aromatic rings. The first-order valence-corrected chi connectivity index (χ1v) is 8.00. The smallest absolute Gasteiger partial charge is 0.221 e. The van der Waals surface area contributed by atoms with E-state index < -0.39 is 10.0 Å². The lowest BCUT2D eigenvalue weighted by atomic mass is 10.3. The highest BCUT2D eigenvalue weighted by Crippen LogP contribution is 2.07. The SMILES string of the molecule is O=S(=O)(CBr)NCc1cnn(-c2ccccc2)c1. The predicted molar refractivity (Wildman–Crippen MR) is 73.1 cm³/mol. The molecule has 0 radical (unpaired) electrons. The van der Waals surface area contributed by atoms with Gasteiger partial charge >= 0.3 is 0 Å². The first-order chi connectivity index (χ1) is 8.61. The van der Waals surface area contributed by atoms with Crippen molar-refractivity contribution in [1.29, 1.82) is 0 Å². The summed E-state index contributed by atoms with van der Waals surface area (Å²) in [6, 6.07) is 9.63. The van der Waals surface area contributed by atoms with Crippen molar-refractivity contribution < 1.29 is 8.42 Å². The van der Waals surface area contributed by atoms with Crippen LogP contribution in [0, 0.1) is 0 Å². The van der Waals surface area contributed by atoms with E-state index in [2.05, 4.69) is 25.8 Å². The molecule has 1 aromatic heterocycles. The van der Waals surface area contributed by atoms with Crippen molar-refractivity contribution in [3.63, 3.8) is 0 Å². The molecular formula is C11H12BrN3O2S. The topological polar surface area (TPSA) is 64.0 Å². The number of hydrogen-bond acceptors (Lipinski definition) is 3. The molecule has 0 saturated heterocycles. The lowest BCUT2D eigenvalue weighted by Crippen LogP contribution is -2.23. The minimum Gasteiger partial charge on any atom is -0.241 e. The number of sulfonamides is 1. The van der Waals surface area contributed by atoms with Gasteiger partial charge in [-0.25, -0.2) is 17.8 Å². The Kier molecular flexibility index (Phi) is 4.15. The van der Waals surface area contributed by atoms with E-state index in [9.17, 15) is 8.42 Å². The van der Waals surface area contributed by atoms with E-state index in [0.29, 0.717) is 0 Å². The zero-order chi connectivity index (χ0) is 13.0. The number of halogens is 1. The van der Waals surface area contributed by atoms with E-state index in [1.807, 2.05) is 30.3 Å². The van der Waals surface area contributed by atoms with Crippen LogP contribution >= 0.6 is 15.9 Å². The summed E-state index contributed by atoms with van der Waals surface area (Å²) in [5, 5.41) is 4.18. The third-order valence-corrected chi connectivity index (χ3v) is 4.98. The molecule has 18 heavy (non-hydrogen) atoms. The Hall–Kier alpha value is -1.18. The largest absolute Gasteiger partial charge is 0.241 e. The third-order valence-electron chi connectivity index (χ3n) is 2.30. The van der Waals surface area contributed by atoms with Crippen molar-refractivity contribution >= 4 is 26.0 Å². The van der Waals surface area contributed by atoms with Crippen LogP contribution in [0.3, 0.4) is 0 Å². The van der Waals surface area contributed by atoms with Crippen LogP contribution in [-0.2, 0) is 16.6 Å². The summed E-state index contributed by atoms with van der Waals surface area (Å²) in [5.41, 5.74) is 1.75. The molecule has 1 aromatic carbocycles. The summed E-state index contributed by atoms with van der Waals surface area (Å²) >= 11 is 2.92. The van der Waals surface area contributed by atoms with Crippen LogP contribution in [0.5, 0.6) is 0 Å². The quantitative estimate of drug-likeness (QED) is 0.848. The Morgan fingerprint density at radius 2 is 2.00 bits per heavy atom. The van der Waals surface area contributed by atoms with Gasteiger partial charge in [-0.05, 0) is 12.1 Å². The van der Waals surface area contributed by atoms with Crippen molar-refractivity contribution in [1.82, 2.24) is 14.5 Å². The molecule has 7 heteroatoms. The summed E-state index contributed by atoms with van der Waals surface area (Å²) in [7, 11) is -3.24. The average Bonchev–Trinajstić information content (AvgIpc) is 2.86. The first kappa shape index (κ1) is 13.3. The van der Waals surface area contributed by atoms with E-state index in [1.165, 1.54) is 0 Å². The molecule has 0 saturated carbocycles. The predicted octanol–water partition coefficient (Wildman–Crippen LogP) is 1.64. The van der Waals surface area contributed by atoms with E-state index in [-0.39, 0.29) is 11.2 Å². The minimum atomic E-state index is -3.24. The third kappa shape index (κ3) is 3.41. The van der Waals surface area contributed by atoms with Crippen molar-refractivity contribution in [3.05, 3.63) is 48.3 Å². The van der Waals surface area contributed by atoms with Crippen LogP contribution in [0.25, 0.3) is 5.69 Å². The minimum absolute atomic E-state index is 0.104. The molecule has 0 spiro atoms. The Bertz CT molecular complexity index is 610. The Morgan fingerprint density at radius 3 is 2.67 bits per heavy atom. The molecule has 0 bridgehead atoms. The second-order valence-corrected chi connectivity index (χ2v) is 6.78. The lowest BCUT2D eigenvalue weighted by molar-refractivity contribution is 0.586. The molecule has 0 aliphatic rings. The molecule has 2 rings (SSSR count). The molecule has 0 amide bonds. The standard InChI is InChI=1S/C11H12BrN3O2S/c12-9-18(16,17)14-7-10-6-13-15(8-10)11-4-2-1-3-5-11/h1-6,8,14H,7,9H2. The molecule has 5 nitrogen and oxygen atoms in total. The van der Waals surface area contributed by atoms with E-state index in [1.54, 1.807) is 17.1 Å². The molecule has 0 unspecified atom stereocenters. The highest BCUT2D eigenvalue weighted by Gasteiger charge is 2.08. The van der Waals surface area contributed by atoms with Gasteiger partial charge in [-0.15, -0.1) is 0 Å². The monoisotopic (exact) mass is 329 g/mol. The highest BCUT2D eigenvalue weighted by molar-refractivity contribution is 9.10. The average molecular weight is 330 g/mol. The second kappa shape index (κ2) is 5.64. The fraction of sp³-hybridized carbons (Fsp3) is 0.182. The molecule has 96 valence electrons. The number of para-hydroxylation sites is 1. The first-order valence-electron chi connectivity index (χ1n) is 5.23. The second-order valence-electron chi connectivity index (χ2n) is 3.67. The van der Waals surface area contributed by atoms with Crippen LogP contribution < -0.4 is 4.72 Å². The van der Waals surface area contributed by atoms with Crippen molar-refractivity contribution in [2.75, 3.05) is 4.66 Å². The number of benzene rings is 1. The summed E-state index contributed by atoms with van der Waals surface area (Å²) in [5.74, 6) is 0. The Labute approximate surface area is 114 Å². The zero-order valence-corrected chi connectivity index (χ0v) is 11.9. The maximum absolute atomic E-state index is 11.3. The Balaban J connectivity index is 2.08. The molecular weight excluding hydrogens is 318 g/mol. The molecule has 1 N–H and O–H groups in total. The van der Waals surface area contributed by atoms with Gasteiger partial charge in [-0.1, -0.05) is 34.1 Å². The van der Waals surface area contributed by atoms with Gasteiger partial charge in [-0.2, -0.15) is 5.10 Å². The van der Waals surface area contributed by atoms with Gasteiger partial charge in [0.25, 0.3) is 0 Å². The van der Waals surface area contributed by atoms with Gasteiger partial charge in [0, 0.05) is 18.3 Å². The van der Waals surface area contributed by atoms with Gasteiger partial charge in [-0.3, -0.25) is 0 Å². The summed E-state index contributed by atoms with van der Waals surface area (Å²) in [6.07, 6.45) is 3.44. The van der Waals surface area contributed by atoms with Crippen LogP contribution in [0.1, 0.15) is 5.56 Å². The summed E-state index contributed by atoms with van der Waals surface area (Å²) in [4.78, 5) is 0. The number of aromatic nitrogens is 2. The zero-order valence-electron chi connectivity index (χ0n) is 9.45. The van der Waals surface area contributed by atoms with Crippen LogP contribution in [0.15, 0.2) is 42.7 Å². The van der Waals surface area contributed by atoms with E-state index in [4.69, 9.17) is 0 Å². The van der Waals surface area contributed by atoms with Gasteiger partial charge in [0.2, 0.25) is 10.0 Å². The molecule has 0 fully saturated rings. The molecule has 1 heterocycles. The maximum atomic E-state index is 11.3. The number of alkyl halides is 1. The van der Waals surface area contributed by atoms with Crippen molar-refractivity contribution in [2.45, 2.75) is 6.54 Å². The maximum Gasteiger partial charge on any atom is 0.221 e. The number of rotatable bonds is 5. The fourth-order valence-corrected chi connectivity index (χ4v) is 2.35.